The first-order valence-electron chi connectivity index (χ1n) is 8.35. The lowest BCUT2D eigenvalue weighted by atomic mass is 10.1. The van der Waals surface area contributed by atoms with Gasteiger partial charge in [-0.05, 0) is 43.2 Å². The van der Waals surface area contributed by atoms with E-state index in [4.69, 9.17) is 4.42 Å². The van der Waals surface area contributed by atoms with Gasteiger partial charge in [0.1, 0.15) is 5.76 Å². The smallest absolute Gasteiger partial charge is 0.260 e. The molecule has 0 saturated carbocycles. The number of fused-ring (bicyclic) bond motifs is 1. The Morgan fingerprint density at radius 1 is 1.28 bits per heavy atom. The summed E-state index contributed by atoms with van der Waals surface area (Å²) in [7, 11) is 0. The number of nitrogens with one attached hydrogen (secondary N) is 1. The minimum Gasteiger partial charge on any atom is -0.467 e. The predicted octanol–water partition coefficient (Wildman–Crippen LogP) is 3.88. The highest BCUT2D eigenvalue weighted by atomic mass is 16.3. The van der Waals surface area contributed by atoms with E-state index in [1.54, 1.807) is 18.7 Å². The van der Waals surface area contributed by atoms with E-state index < -0.39 is 0 Å². The number of hydrogen-bond donors (Lipinski definition) is 1. The summed E-state index contributed by atoms with van der Waals surface area (Å²) in [6, 6.07) is 13.8. The summed E-state index contributed by atoms with van der Waals surface area (Å²) in [6.45, 7) is 2.62. The summed E-state index contributed by atoms with van der Waals surface area (Å²) in [5.74, 6) is 0.811. The number of hydrogen-bond acceptors (Lipinski definition) is 4. The molecule has 3 aromatic rings. The summed E-state index contributed by atoms with van der Waals surface area (Å²) in [4.78, 5) is 19.1. The van der Waals surface area contributed by atoms with Crippen LogP contribution in [0.15, 0.2) is 65.5 Å². The second-order valence-electron chi connectivity index (χ2n) is 6.25. The summed E-state index contributed by atoms with van der Waals surface area (Å²) in [5, 5.41) is 3.24. The summed E-state index contributed by atoms with van der Waals surface area (Å²) < 4.78 is 5.31. The molecule has 2 aromatic heterocycles. The van der Waals surface area contributed by atoms with Gasteiger partial charge < -0.3 is 14.6 Å². The average molecular weight is 333 g/mol. The minimum absolute atomic E-state index is 0.0217. The number of anilines is 2. The van der Waals surface area contributed by atoms with E-state index in [1.165, 1.54) is 5.56 Å². The highest BCUT2D eigenvalue weighted by Crippen LogP contribution is 2.33. The van der Waals surface area contributed by atoms with Gasteiger partial charge in [0.05, 0.1) is 24.1 Å². The van der Waals surface area contributed by atoms with Crippen LogP contribution in [0.3, 0.4) is 0 Å². The first-order chi connectivity index (χ1) is 12.2. The van der Waals surface area contributed by atoms with Crippen molar-refractivity contribution in [3.05, 3.63) is 78.0 Å². The van der Waals surface area contributed by atoms with Crippen LogP contribution in [-0.2, 0) is 13.0 Å². The fourth-order valence-corrected chi connectivity index (χ4v) is 3.27. The third kappa shape index (κ3) is 3.01. The topological polar surface area (TPSA) is 58.4 Å². The molecule has 5 nitrogen and oxygen atoms in total. The molecule has 25 heavy (non-hydrogen) atoms. The molecule has 0 saturated heterocycles. The van der Waals surface area contributed by atoms with Gasteiger partial charge in [-0.15, -0.1) is 0 Å². The lowest BCUT2D eigenvalue weighted by Crippen LogP contribution is -2.35. The van der Waals surface area contributed by atoms with Gasteiger partial charge in [-0.2, -0.15) is 0 Å². The first kappa shape index (κ1) is 15.4. The predicted molar refractivity (Wildman–Crippen MR) is 96.7 cm³/mol. The van der Waals surface area contributed by atoms with E-state index in [1.807, 2.05) is 41.3 Å². The van der Waals surface area contributed by atoms with Crippen LogP contribution < -0.4 is 10.2 Å². The Morgan fingerprint density at radius 2 is 2.16 bits per heavy atom. The van der Waals surface area contributed by atoms with Crippen molar-refractivity contribution in [2.24, 2.45) is 0 Å². The molecule has 126 valence electrons. The molecule has 0 fully saturated rings. The van der Waals surface area contributed by atoms with Crippen LogP contribution in [0.2, 0.25) is 0 Å². The van der Waals surface area contributed by atoms with E-state index in [0.29, 0.717) is 12.1 Å². The van der Waals surface area contributed by atoms with E-state index in [2.05, 4.69) is 23.3 Å². The molecule has 1 aromatic carbocycles. The molecule has 1 N–H and O–H groups in total. The number of carbonyl (C=O) groups is 1. The number of benzene rings is 1. The standard InChI is InChI=1S/C20H19N3O2/c1-14-9-15-5-2-3-7-19(15)23(14)20(24)16-10-17(12-21-11-16)22-13-18-6-4-8-25-18/h2-8,10-12,14,22H,9,13H2,1H3. The van der Waals surface area contributed by atoms with E-state index >= 15 is 0 Å². The van der Waals surface area contributed by atoms with Gasteiger partial charge >= 0.3 is 0 Å². The van der Waals surface area contributed by atoms with Crippen molar-refractivity contribution >= 4 is 17.3 Å². The molecule has 0 aliphatic carbocycles. The van der Waals surface area contributed by atoms with E-state index in [0.717, 1.165) is 23.6 Å². The summed E-state index contributed by atoms with van der Waals surface area (Å²) in [5.41, 5.74) is 3.58. The lowest BCUT2D eigenvalue weighted by molar-refractivity contribution is 0.0981. The molecule has 0 spiro atoms. The molecule has 0 radical (unpaired) electrons. The molecule has 1 aliphatic rings. The molecule has 1 amide bonds. The molecule has 1 unspecified atom stereocenters. The van der Waals surface area contributed by atoms with Crippen molar-refractivity contribution in [3.8, 4) is 0 Å². The SMILES string of the molecule is CC1Cc2ccccc2N1C(=O)c1cncc(NCc2ccco2)c1. The highest BCUT2D eigenvalue weighted by molar-refractivity contribution is 6.08. The molecule has 1 aliphatic heterocycles. The Labute approximate surface area is 146 Å². The first-order valence-corrected chi connectivity index (χ1v) is 8.35. The molecular weight excluding hydrogens is 314 g/mol. The Kier molecular flexibility index (Phi) is 3.98. The third-order valence-corrected chi connectivity index (χ3v) is 4.46. The maximum atomic E-state index is 13.0. The fourth-order valence-electron chi connectivity index (χ4n) is 3.27. The maximum absolute atomic E-state index is 13.0. The zero-order valence-electron chi connectivity index (χ0n) is 14.0. The van der Waals surface area contributed by atoms with Gasteiger partial charge in [0.2, 0.25) is 0 Å². The number of para-hydroxylation sites is 1. The normalized spacial score (nSPS) is 15.9. The van der Waals surface area contributed by atoms with Crippen LogP contribution in [0.4, 0.5) is 11.4 Å². The number of amides is 1. The van der Waals surface area contributed by atoms with Crippen LogP contribution >= 0.6 is 0 Å². The monoisotopic (exact) mass is 333 g/mol. The van der Waals surface area contributed by atoms with Crippen LogP contribution in [0, 0.1) is 0 Å². The van der Waals surface area contributed by atoms with Crippen molar-refractivity contribution < 1.29 is 9.21 Å². The number of aromatic nitrogens is 1. The molecule has 5 heteroatoms. The molecule has 1 atom stereocenters. The second kappa shape index (κ2) is 6.43. The van der Waals surface area contributed by atoms with Crippen molar-refractivity contribution in [2.45, 2.75) is 25.9 Å². The Hall–Kier alpha value is -3.08. The number of furan rings is 1. The van der Waals surface area contributed by atoms with Crippen molar-refractivity contribution in [1.82, 2.24) is 4.98 Å². The quantitative estimate of drug-likeness (QED) is 0.787. The maximum Gasteiger partial charge on any atom is 0.260 e. The average Bonchev–Trinajstić information content (AvgIpc) is 3.26. The number of nitrogens with zero attached hydrogens (tertiary/aromatic N) is 2. The fraction of sp³-hybridized carbons (Fsp3) is 0.200. The van der Waals surface area contributed by atoms with Gasteiger partial charge in [0, 0.05) is 24.1 Å². The Balaban J connectivity index is 1.55. The van der Waals surface area contributed by atoms with Crippen LogP contribution in [0.25, 0.3) is 0 Å². The second-order valence-corrected chi connectivity index (χ2v) is 6.25. The Morgan fingerprint density at radius 3 is 3.00 bits per heavy atom. The lowest BCUT2D eigenvalue weighted by Gasteiger charge is -2.23. The van der Waals surface area contributed by atoms with Crippen LogP contribution in [-0.4, -0.2) is 16.9 Å². The van der Waals surface area contributed by atoms with Crippen molar-refractivity contribution in [2.75, 3.05) is 10.2 Å². The summed E-state index contributed by atoms with van der Waals surface area (Å²) >= 11 is 0. The number of rotatable bonds is 4. The number of carbonyl (C=O) groups excluding carboxylic acids is 1. The van der Waals surface area contributed by atoms with Gasteiger partial charge in [0.25, 0.3) is 5.91 Å². The molecule has 4 rings (SSSR count). The van der Waals surface area contributed by atoms with Gasteiger partial charge in [-0.3, -0.25) is 9.78 Å². The van der Waals surface area contributed by atoms with E-state index in [-0.39, 0.29) is 11.9 Å². The van der Waals surface area contributed by atoms with E-state index in [9.17, 15) is 4.79 Å². The van der Waals surface area contributed by atoms with Gasteiger partial charge in [0.15, 0.2) is 0 Å². The van der Waals surface area contributed by atoms with Crippen LogP contribution in [0.5, 0.6) is 0 Å². The minimum atomic E-state index is -0.0217. The van der Waals surface area contributed by atoms with Crippen molar-refractivity contribution in [1.29, 1.82) is 0 Å². The zero-order chi connectivity index (χ0) is 17.2. The van der Waals surface area contributed by atoms with Crippen molar-refractivity contribution in [3.63, 3.8) is 0 Å². The largest absolute Gasteiger partial charge is 0.467 e. The molecule has 0 bridgehead atoms. The molecule has 3 heterocycles. The zero-order valence-corrected chi connectivity index (χ0v) is 14.0. The Bertz CT molecular complexity index is 889. The summed E-state index contributed by atoms with van der Waals surface area (Å²) in [6.07, 6.45) is 5.85. The molecular formula is C20H19N3O2. The van der Waals surface area contributed by atoms with Crippen LogP contribution in [0.1, 0.15) is 28.6 Å². The number of pyridine rings is 1. The van der Waals surface area contributed by atoms with Gasteiger partial charge in [-0.25, -0.2) is 0 Å². The highest BCUT2D eigenvalue weighted by Gasteiger charge is 2.31. The van der Waals surface area contributed by atoms with Gasteiger partial charge in [-0.1, -0.05) is 18.2 Å². The third-order valence-electron chi connectivity index (χ3n) is 4.46.